The van der Waals surface area contributed by atoms with Crippen molar-refractivity contribution in [3.05, 3.63) is 0 Å². The molecule has 0 bridgehead atoms. The average Bonchev–Trinajstić information content (AvgIpc) is 2.78. The molecule has 2 rings (SSSR count). The highest BCUT2D eigenvalue weighted by Crippen LogP contribution is 2.26. The molecular weight excluding hydrogens is 248 g/mol. The smallest absolute Gasteiger partial charge is 0.240 e. The summed E-state index contributed by atoms with van der Waals surface area (Å²) in [6.07, 6.45) is 7.94. The number of hydrogen-bond donors (Lipinski definition) is 2. The van der Waals surface area contributed by atoms with Gasteiger partial charge in [-0.25, -0.2) is 0 Å². The minimum Gasteiger partial charge on any atom is -0.352 e. The predicted molar refractivity (Wildman–Crippen MR) is 77.1 cm³/mol. The predicted octanol–water partition coefficient (Wildman–Crippen LogP) is 2.64. The Morgan fingerprint density at radius 2 is 2.17 bits per heavy atom. The molecule has 106 valence electrons. The molecule has 0 aromatic heterocycles. The van der Waals surface area contributed by atoms with E-state index in [1.54, 1.807) is 0 Å². The number of nitrogens with one attached hydrogen (secondary N) is 2. The van der Waals surface area contributed by atoms with Crippen LogP contribution in [0.1, 0.15) is 58.8 Å². The van der Waals surface area contributed by atoms with Crippen LogP contribution in [0.5, 0.6) is 0 Å². The van der Waals surface area contributed by atoms with Gasteiger partial charge in [0, 0.05) is 6.04 Å². The number of carbonyl (C=O) groups excluding carboxylic acids is 1. The Hall–Kier alpha value is -0.280. The zero-order valence-electron chi connectivity index (χ0n) is 11.6. The molecule has 2 N–H and O–H groups in total. The zero-order chi connectivity index (χ0) is 12.3. The van der Waals surface area contributed by atoms with Gasteiger partial charge in [-0.2, -0.15) is 0 Å². The van der Waals surface area contributed by atoms with Gasteiger partial charge < -0.3 is 10.6 Å². The van der Waals surface area contributed by atoms with Crippen LogP contribution in [-0.2, 0) is 4.79 Å². The molecule has 18 heavy (non-hydrogen) atoms. The second-order valence-electron chi connectivity index (χ2n) is 5.91. The molecule has 0 aromatic rings. The lowest BCUT2D eigenvalue weighted by molar-refractivity contribution is -0.128. The molecule has 1 heterocycles. The molecule has 3 nitrogen and oxygen atoms in total. The Balaban J connectivity index is 0.00000162. The van der Waals surface area contributed by atoms with E-state index in [0.29, 0.717) is 6.04 Å². The summed E-state index contributed by atoms with van der Waals surface area (Å²) in [5, 5.41) is 6.69. The molecule has 4 heteroatoms. The average molecular weight is 275 g/mol. The topological polar surface area (TPSA) is 41.1 Å². The monoisotopic (exact) mass is 274 g/mol. The number of rotatable bonds is 3. The molecule has 3 atom stereocenters. The fourth-order valence-electron chi connectivity index (χ4n) is 3.35. The lowest BCUT2D eigenvalue weighted by Gasteiger charge is -2.33. The van der Waals surface area contributed by atoms with Crippen molar-refractivity contribution in [1.29, 1.82) is 0 Å². The van der Waals surface area contributed by atoms with Crippen LogP contribution in [0.4, 0.5) is 0 Å². The Labute approximate surface area is 117 Å². The van der Waals surface area contributed by atoms with Gasteiger partial charge in [0.05, 0.1) is 5.54 Å². The van der Waals surface area contributed by atoms with E-state index in [9.17, 15) is 4.79 Å². The van der Waals surface area contributed by atoms with E-state index in [4.69, 9.17) is 0 Å². The molecule has 1 amide bonds. The van der Waals surface area contributed by atoms with E-state index in [1.807, 2.05) is 0 Å². The minimum absolute atomic E-state index is 0. The molecule has 1 aliphatic carbocycles. The fourth-order valence-corrected chi connectivity index (χ4v) is 3.35. The quantitative estimate of drug-likeness (QED) is 0.831. The first-order valence-corrected chi connectivity index (χ1v) is 7.22. The van der Waals surface area contributed by atoms with E-state index >= 15 is 0 Å². The first-order chi connectivity index (χ1) is 8.16. The van der Waals surface area contributed by atoms with Gasteiger partial charge in [-0.1, -0.05) is 26.7 Å². The van der Waals surface area contributed by atoms with Crippen molar-refractivity contribution in [2.75, 3.05) is 6.54 Å². The Kier molecular flexibility index (Phi) is 5.93. The lowest BCUT2D eigenvalue weighted by Crippen LogP contribution is -2.55. The van der Waals surface area contributed by atoms with Gasteiger partial charge >= 0.3 is 0 Å². The van der Waals surface area contributed by atoms with Gasteiger partial charge in [0.15, 0.2) is 0 Å². The van der Waals surface area contributed by atoms with Gasteiger partial charge in [0.25, 0.3) is 0 Å². The van der Waals surface area contributed by atoms with Gasteiger partial charge in [-0.05, 0) is 44.6 Å². The maximum Gasteiger partial charge on any atom is 0.240 e. The van der Waals surface area contributed by atoms with Crippen LogP contribution in [0, 0.1) is 5.92 Å². The Bertz CT molecular complexity index is 277. The van der Waals surface area contributed by atoms with E-state index in [-0.39, 0.29) is 23.9 Å². The molecule has 2 aliphatic rings. The van der Waals surface area contributed by atoms with Crippen LogP contribution in [0.25, 0.3) is 0 Å². The molecule has 0 spiro atoms. The third kappa shape index (κ3) is 3.39. The highest BCUT2D eigenvalue weighted by Gasteiger charge is 2.40. The van der Waals surface area contributed by atoms with E-state index in [0.717, 1.165) is 44.6 Å². The molecular formula is C14H27ClN2O. The third-order valence-corrected chi connectivity index (χ3v) is 4.55. The SMILES string of the molecule is CCC1(C(=O)NC2CCCC(C)C2)CCCN1.Cl. The van der Waals surface area contributed by atoms with Gasteiger partial charge in [-0.15, -0.1) is 12.4 Å². The normalized spacial score (nSPS) is 35.9. The fraction of sp³-hybridized carbons (Fsp3) is 0.929. The largest absolute Gasteiger partial charge is 0.352 e. The summed E-state index contributed by atoms with van der Waals surface area (Å²) in [4.78, 5) is 12.4. The van der Waals surface area contributed by atoms with Crippen molar-refractivity contribution in [1.82, 2.24) is 10.6 Å². The second kappa shape index (κ2) is 6.76. The summed E-state index contributed by atoms with van der Waals surface area (Å²) in [5.41, 5.74) is -0.263. The molecule has 1 saturated carbocycles. The summed E-state index contributed by atoms with van der Waals surface area (Å²) in [6.45, 7) is 5.39. The van der Waals surface area contributed by atoms with Crippen LogP contribution >= 0.6 is 12.4 Å². The van der Waals surface area contributed by atoms with Crippen LogP contribution < -0.4 is 10.6 Å². The standard InChI is InChI=1S/C14H26N2O.ClH/c1-3-14(8-5-9-15-14)13(17)16-12-7-4-6-11(2)10-12;/h11-12,15H,3-10H2,1-2H3,(H,16,17);1H. The number of hydrogen-bond acceptors (Lipinski definition) is 2. The van der Waals surface area contributed by atoms with Crippen molar-refractivity contribution < 1.29 is 4.79 Å². The molecule has 0 aromatic carbocycles. The van der Waals surface area contributed by atoms with Crippen LogP contribution in [0.15, 0.2) is 0 Å². The Morgan fingerprint density at radius 1 is 1.39 bits per heavy atom. The van der Waals surface area contributed by atoms with Gasteiger partial charge in [0.2, 0.25) is 5.91 Å². The van der Waals surface area contributed by atoms with Crippen molar-refractivity contribution >= 4 is 18.3 Å². The number of carbonyl (C=O) groups is 1. The zero-order valence-corrected chi connectivity index (χ0v) is 12.4. The summed E-state index contributed by atoms with van der Waals surface area (Å²) in [7, 11) is 0. The second-order valence-corrected chi connectivity index (χ2v) is 5.91. The molecule has 3 unspecified atom stereocenters. The van der Waals surface area contributed by atoms with Crippen molar-refractivity contribution in [2.24, 2.45) is 5.92 Å². The molecule has 2 fully saturated rings. The van der Waals surface area contributed by atoms with Crippen molar-refractivity contribution in [2.45, 2.75) is 70.4 Å². The molecule has 1 aliphatic heterocycles. The first-order valence-electron chi connectivity index (χ1n) is 7.22. The van der Waals surface area contributed by atoms with Gasteiger partial charge in [-0.3, -0.25) is 4.79 Å². The maximum absolute atomic E-state index is 12.4. The van der Waals surface area contributed by atoms with Crippen LogP contribution in [0.2, 0.25) is 0 Å². The maximum atomic E-state index is 12.4. The van der Waals surface area contributed by atoms with Crippen LogP contribution in [0.3, 0.4) is 0 Å². The molecule has 0 radical (unpaired) electrons. The summed E-state index contributed by atoms with van der Waals surface area (Å²) in [5.74, 6) is 1.01. The van der Waals surface area contributed by atoms with E-state index in [1.165, 1.54) is 12.8 Å². The number of halogens is 1. The number of amides is 1. The summed E-state index contributed by atoms with van der Waals surface area (Å²) >= 11 is 0. The minimum atomic E-state index is -0.263. The Morgan fingerprint density at radius 3 is 2.72 bits per heavy atom. The summed E-state index contributed by atoms with van der Waals surface area (Å²) < 4.78 is 0. The first kappa shape index (κ1) is 15.8. The highest BCUT2D eigenvalue weighted by molar-refractivity contribution is 5.86. The summed E-state index contributed by atoms with van der Waals surface area (Å²) in [6, 6.07) is 0.414. The van der Waals surface area contributed by atoms with E-state index in [2.05, 4.69) is 24.5 Å². The van der Waals surface area contributed by atoms with Crippen molar-refractivity contribution in [3.63, 3.8) is 0 Å². The third-order valence-electron chi connectivity index (χ3n) is 4.55. The van der Waals surface area contributed by atoms with Crippen LogP contribution in [-0.4, -0.2) is 24.0 Å². The molecule has 1 saturated heterocycles. The van der Waals surface area contributed by atoms with E-state index < -0.39 is 0 Å². The van der Waals surface area contributed by atoms with Crippen molar-refractivity contribution in [3.8, 4) is 0 Å². The highest BCUT2D eigenvalue weighted by atomic mass is 35.5. The lowest BCUT2D eigenvalue weighted by atomic mass is 9.86. The van der Waals surface area contributed by atoms with Gasteiger partial charge in [0.1, 0.15) is 0 Å².